The van der Waals surface area contributed by atoms with Gasteiger partial charge in [0.2, 0.25) is 5.75 Å². The molecule has 0 atom stereocenters. The van der Waals surface area contributed by atoms with Crippen molar-refractivity contribution < 1.29 is 14.4 Å². The lowest BCUT2D eigenvalue weighted by Crippen LogP contribution is -2.14. The van der Waals surface area contributed by atoms with E-state index >= 15 is 0 Å². The summed E-state index contributed by atoms with van der Waals surface area (Å²) in [5.74, 6) is 0.582. The number of ether oxygens (including phenoxy) is 2. The van der Waals surface area contributed by atoms with E-state index in [1.165, 1.54) is 13.2 Å². The van der Waals surface area contributed by atoms with Gasteiger partial charge in [0, 0.05) is 12.6 Å². The van der Waals surface area contributed by atoms with Crippen molar-refractivity contribution in [2.75, 3.05) is 20.3 Å². The quantitative estimate of drug-likeness (QED) is 0.445. The number of nitro benzene ring substituents is 1. The number of rotatable bonds is 8. The predicted octanol–water partition coefficient (Wildman–Crippen LogP) is 2.50. The number of nitrogens with zero attached hydrogens (tertiary/aromatic N) is 1. The molecule has 0 bridgehead atoms. The molecule has 0 heterocycles. The summed E-state index contributed by atoms with van der Waals surface area (Å²) in [4.78, 5) is 10.6. The van der Waals surface area contributed by atoms with Crippen LogP contribution in [0.5, 0.6) is 11.5 Å². The SMILES string of the molecule is CCCNCc1cc(OCC)c(OC)c([N+](=O)[O-])c1. The van der Waals surface area contributed by atoms with Gasteiger partial charge in [-0.25, -0.2) is 0 Å². The maximum Gasteiger partial charge on any atom is 0.315 e. The highest BCUT2D eigenvalue weighted by Gasteiger charge is 2.21. The Morgan fingerprint density at radius 2 is 2.11 bits per heavy atom. The monoisotopic (exact) mass is 268 g/mol. The summed E-state index contributed by atoms with van der Waals surface area (Å²) in [6.07, 6.45) is 1.01. The molecule has 0 spiro atoms. The molecular formula is C13H20N2O4. The molecular weight excluding hydrogens is 248 g/mol. The fourth-order valence-electron chi connectivity index (χ4n) is 1.76. The van der Waals surface area contributed by atoms with Gasteiger partial charge in [-0.15, -0.1) is 0 Å². The number of benzene rings is 1. The van der Waals surface area contributed by atoms with Crippen LogP contribution in [-0.4, -0.2) is 25.2 Å². The predicted molar refractivity (Wildman–Crippen MR) is 72.8 cm³/mol. The highest BCUT2D eigenvalue weighted by atomic mass is 16.6. The fraction of sp³-hybridized carbons (Fsp3) is 0.538. The number of hydrogen-bond acceptors (Lipinski definition) is 5. The minimum absolute atomic E-state index is 0.0678. The van der Waals surface area contributed by atoms with E-state index in [4.69, 9.17) is 9.47 Å². The van der Waals surface area contributed by atoms with Crippen LogP contribution in [0.3, 0.4) is 0 Å². The van der Waals surface area contributed by atoms with Gasteiger partial charge in [-0.2, -0.15) is 0 Å². The summed E-state index contributed by atoms with van der Waals surface area (Å²) in [5.41, 5.74) is 0.742. The van der Waals surface area contributed by atoms with Gasteiger partial charge in [-0.3, -0.25) is 10.1 Å². The van der Waals surface area contributed by atoms with E-state index < -0.39 is 4.92 Å². The third-order valence-electron chi connectivity index (χ3n) is 2.55. The molecule has 0 saturated carbocycles. The molecule has 0 aliphatic rings. The first kappa shape index (κ1) is 15.2. The average molecular weight is 268 g/mol. The summed E-state index contributed by atoms with van der Waals surface area (Å²) in [6, 6.07) is 3.29. The van der Waals surface area contributed by atoms with E-state index in [1.807, 2.05) is 6.92 Å². The second-order valence-corrected chi connectivity index (χ2v) is 4.01. The van der Waals surface area contributed by atoms with Gasteiger partial charge in [0.1, 0.15) is 0 Å². The minimum atomic E-state index is -0.454. The van der Waals surface area contributed by atoms with Crippen molar-refractivity contribution in [1.29, 1.82) is 0 Å². The van der Waals surface area contributed by atoms with Gasteiger partial charge in [0.05, 0.1) is 18.6 Å². The van der Waals surface area contributed by atoms with Crippen molar-refractivity contribution in [2.45, 2.75) is 26.8 Å². The molecule has 0 aliphatic heterocycles. The first-order valence-corrected chi connectivity index (χ1v) is 6.32. The third kappa shape index (κ3) is 4.10. The van der Waals surface area contributed by atoms with Crippen molar-refractivity contribution in [3.8, 4) is 11.5 Å². The Kier molecular flexibility index (Phi) is 6.08. The lowest BCUT2D eigenvalue weighted by molar-refractivity contribution is -0.385. The van der Waals surface area contributed by atoms with E-state index in [-0.39, 0.29) is 11.4 Å². The number of nitrogens with one attached hydrogen (secondary N) is 1. The third-order valence-corrected chi connectivity index (χ3v) is 2.55. The van der Waals surface area contributed by atoms with Crippen molar-refractivity contribution >= 4 is 5.69 Å². The summed E-state index contributed by atoms with van der Waals surface area (Å²) in [5, 5.41) is 14.3. The minimum Gasteiger partial charge on any atom is -0.490 e. The first-order valence-electron chi connectivity index (χ1n) is 6.32. The maximum atomic E-state index is 11.1. The molecule has 1 aromatic carbocycles. The summed E-state index contributed by atoms with van der Waals surface area (Å²) in [7, 11) is 1.40. The summed E-state index contributed by atoms with van der Waals surface area (Å²) >= 11 is 0. The second-order valence-electron chi connectivity index (χ2n) is 4.01. The van der Waals surface area contributed by atoms with Gasteiger partial charge in [0.15, 0.2) is 5.75 Å². The van der Waals surface area contributed by atoms with Gasteiger partial charge in [0.25, 0.3) is 0 Å². The van der Waals surface area contributed by atoms with Gasteiger partial charge < -0.3 is 14.8 Å². The lowest BCUT2D eigenvalue weighted by Gasteiger charge is -2.12. The number of hydrogen-bond donors (Lipinski definition) is 1. The molecule has 0 aromatic heterocycles. The molecule has 6 heteroatoms. The van der Waals surface area contributed by atoms with E-state index in [0.29, 0.717) is 18.9 Å². The van der Waals surface area contributed by atoms with Crippen LogP contribution in [-0.2, 0) is 6.54 Å². The lowest BCUT2D eigenvalue weighted by atomic mass is 10.1. The average Bonchev–Trinajstić information content (AvgIpc) is 2.39. The van der Waals surface area contributed by atoms with Crippen LogP contribution in [0.2, 0.25) is 0 Å². The molecule has 0 fully saturated rings. The topological polar surface area (TPSA) is 73.6 Å². The molecule has 106 valence electrons. The Bertz CT molecular complexity index is 435. The molecule has 0 unspecified atom stereocenters. The zero-order valence-corrected chi connectivity index (χ0v) is 11.6. The van der Waals surface area contributed by atoms with Gasteiger partial charge in [-0.1, -0.05) is 6.92 Å². The standard InChI is InChI=1S/C13H20N2O4/c1-4-6-14-9-10-7-11(15(16)17)13(18-3)12(8-10)19-5-2/h7-8,14H,4-6,9H2,1-3H3. The van der Waals surface area contributed by atoms with Gasteiger partial charge >= 0.3 is 5.69 Å². The largest absolute Gasteiger partial charge is 0.490 e. The van der Waals surface area contributed by atoms with Crippen LogP contribution in [0.4, 0.5) is 5.69 Å². The van der Waals surface area contributed by atoms with Crippen LogP contribution >= 0.6 is 0 Å². The zero-order chi connectivity index (χ0) is 14.3. The number of nitro groups is 1. The van der Waals surface area contributed by atoms with Crippen molar-refractivity contribution in [1.82, 2.24) is 5.32 Å². The second kappa shape index (κ2) is 7.58. The highest BCUT2D eigenvalue weighted by molar-refractivity contribution is 5.58. The summed E-state index contributed by atoms with van der Waals surface area (Å²) < 4.78 is 10.5. The highest BCUT2D eigenvalue weighted by Crippen LogP contribution is 2.38. The Labute approximate surface area is 112 Å². The van der Waals surface area contributed by atoms with E-state index in [9.17, 15) is 10.1 Å². The molecule has 1 rings (SSSR count). The van der Waals surface area contributed by atoms with E-state index in [0.717, 1.165) is 18.5 Å². The maximum absolute atomic E-state index is 11.1. The summed E-state index contributed by atoms with van der Waals surface area (Å²) in [6.45, 7) is 5.75. The normalized spacial score (nSPS) is 10.3. The molecule has 0 aliphatic carbocycles. The van der Waals surface area contributed by atoms with Crippen molar-refractivity contribution in [3.63, 3.8) is 0 Å². The first-order chi connectivity index (χ1) is 9.13. The molecule has 0 amide bonds. The molecule has 1 N–H and O–H groups in total. The molecule has 19 heavy (non-hydrogen) atoms. The Balaban J connectivity index is 3.09. The van der Waals surface area contributed by atoms with Crippen LogP contribution in [0.1, 0.15) is 25.8 Å². The smallest absolute Gasteiger partial charge is 0.315 e. The zero-order valence-electron chi connectivity index (χ0n) is 11.6. The fourth-order valence-corrected chi connectivity index (χ4v) is 1.76. The van der Waals surface area contributed by atoms with E-state index in [2.05, 4.69) is 12.2 Å². The van der Waals surface area contributed by atoms with Crippen LogP contribution in [0.15, 0.2) is 12.1 Å². The van der Waals surface area contributed by atoms with Crippen LogP contribution < -0.4 is 14.8 Å². The molecule has 0 radical (unpaired) electrons. The molecule has 1 aromatic rings. The van der Waals surface area contributed by atoms with Crippen molar-refractivity contribution in [2.24, 2.45) is 0 Å². The Hall–Kier alpha value is -1.82. The van der Waals surface area contributed by atoms with Crippen molar-refractivity contribution in [3.05, 3.63) is 27.8 Å². The van der Waals surface area contributed by atoms with Crippen LogP contribution in [0.25, 0.3) is 0 Å². The van der Waals surface area contributed by atoms with Gasteiger partial charge in [-0.05, 0) is 31.5 Å². The van der Waals surface area contributed by atoms with E-state index in [1.54, 1.807) is 6.07 Å². The van der Waals surface area contributed by atoms with Crippen LogP contribution in [0, 0.1) is 10.1 Å². The molecule has 0 saturated heterocycles. The Morgan fingerprint density at radius 1 is 1.37 bits per heavy atom. The Morgan fingerprint density at radius 3 is 2.63 bits per heavy atom. The number of methoxy groups -OCH3 is 1. The molecule has 6 nitrogen and oxygen atoms in total.